The van der Waals surface area contributed by atoms with E-state index in [1.54, 1.807) is 0 Å². The normalized spacial score (nSPS) is 24.9. The van der Waals surface area contributed by atoms with Gasteiger partial charge in [-0.3, -0.25) is 4.79 Å². The number of nitrogens with zero attached hydrogens (tertiary/aromatic N) is 1. The molecular formula is C9H14N2O5. The van der Waals surface area contributed by atoms with Gasteiger partial charge in [0.15, 0.2) is 0 Å². The number of aliphatic carboxylic acids is 1. The number of ether oxygens (including phenoxy) is 1. The number of carbonyl (C=O) groups excluding carboxylic acids is 1. The summed E-state index contributed by atoms with van der Waals surface area (Å²) in [4.78, 5) is 22.1. The van der Waals surface area contributed by atoms with Crippen LogP contribution >= 0.6 is 0 Å². The van der Waals surface area contributed by atoms with Gasteiger partial charge in [0, 0.05) is 6.42 Å². The van der Waals surface area contributed by atoms with Gasteiger partial charge in [-0.2, -0.15) is 0 Å². The first-order chi connectivity index (χ1) is 7.54. The summed E-state index contributed by atoms with van der Waals surface area (Å²) >= 11 is 0. The van der Waals surface area contributed by atoms with Crippen LogP contribution in [0.4, 0.5) is 4.79 Å². The molecule has 1 heterocycles. The van der Waals surface area contributed by atoms with Crippen molar-refractivity contribution in [1.82, 2.24) is 10.4 Å². The van der Waals surface area contributed by atoms with Gasteiger partial charge in [-0.25, -0.2) is 15.2 Å². The minimum Gasteiger partial charge on any atom is -0.480 e. The molecule has 1 aliphatic rings. The summed E-state index contributed by atoms with van der Waals surface area (Å²) in [5, 5.41) is 19.1. The molecule has 3 N–H and O–H groups in total. The molecule has 1 aliphatic heterocycles. The standard InChI is InChI=1S/C9H14N2O5/c1-2-3-16-9(15)11-5-6(12)4-7(10-11)8(13)14/h2,6-7,10,12H,1,3-5H2,(H,13,14)/t6-,7-/m1/s1. The summed E-state index contributed by atoms with van der Waals surface area (Å²) in [7, 11) is 0. The summed E-state index contributed by atoms with van der Waals surface area (Å²) < 4.78 is 4.71. The van der Waals surface area contributed by atoms with Crippen molar-refractivity contribution in [3.8, 4) is 0 Å². The first-order valence-corrected chi connectivity index (χ1v) is 4.76. The lowest BCUT2D eigenvalue weighted by Gasteiger charge is -2.33. The molecule has 0 aliphatic carbocycles. The Balaban J connectivity index is 2.56. The third kappa shape index (κ3) is 3.21. The molecule has 0 aromatic rings. The van der Waals surface area contributed by atoms with Gasteiger partial charge in [-0.1, -0.05) is 12.7 Å². The van der Waals surface area contributed by atoms with E-state index >= 15 is 0 Å². The van der Waals surface area contributed by atoms with Gasteiger partial charge in [0.1, 0.15) is 12.6 Å². The molecule has 1 rings (SSSR count). The van der Waals surface area contributed by atoms with Crippen molar-refractivity contribution >= 4 is 12.1 Å². The van der Waals surface area contributed by atoms with Crippen LogP contribution in [0.1, 0.15) is 6.42 Å². The van der Waals surface area contributed by atoms with Gasteiger partial charge in [-0.15, -0.1) is 0 Å². The van der Waals surface area contributed by atoms with Gasteiger partial charge in [0.2, 0.25) is 0 Å². The summed E-state index contributed by atoms with van der Waals surface area (Å²) in [6.45, 7) is 3.41. The highest BCUT2D eigenvalue weighted by Crippen LogP contribution is 2.09. The molecular weight excluding hydrogens is 216 g/mol. The number of nitrogens with one attached hydrogen (secondary N) is 1. The highest BCUT2D eigenvalue weighted by Gasteiger charge is 2.33. The van der Waals surface area contributed by atoms with Crippen molar-refractivity contribution in [3.05, 3.63) is 12.7 Å². The predicted octanol–water partition coefficient (Wildman–Crippen LogP) is -0.667. The van der Waals surface area contributed by atoms with E-state index in [2.05, 4.69) is 12.0 Å². The molecule has 7 nitrogen and oxygen atoms in total. The minimum atomic E-state index is -1.12. The summed E-state index contributed by atoms with van der Waals surface area (Å²) in [5.41, 5.74) is 2.46. The van der Waals surface area contributed by atoms with Crippen molar-refractivity contribution in [1.29, 1.82) is 0 Å². The van der Waals surface area contributed by atoms with Gasteiger partial charge in [0.05, 0.1) is 12.6 Å². The van der Waals surface area contributed by atoms with Crippen LogP contribution in [0.3, 0.4) is 0 Å². The molecule has 1 amide bonds. The number of hydrogen-bond acceptors (Lipinski definition) is 5. The second-order valence-corrected chi connectivity index (χ2v) is 3.39. The second-order valence-electron chi connectivity index (χ2n) is 3.39. The fourth-order valence-electron chi connectivity index (χ4n) is 1.34. The molecule has 2 atom stereocenters. The van der Waals surface area contributed by atoms with Gasteiger partial charge < -0.3 is 14.9 Å². The van der Waals surface area contributed by atoms with Crippen molar-refractivity contribution in [3.63, 3.8) is 0 Å². The lowest BCUT2D eigenvalue weighted by molar-refractivity contribution is -0.144. The molecule has 1 saturated heterocycles. The zero-order valence-corrected chi connectivity index (χ0v) is 8.63. The fraction of sp³-hybridized carbons (Fsp3) is 0.556. The van der Waals surface area contributed by atoms with Crippen molar-refractivity contribution in [2.75, 3.05) is 13.2 Å². The maximum absolute atomic E-state index is 11.4. The molecule has 90 valence electrons. The molecule has 0 radical (unpaired) electrons. The highest BCUT2D eigenvalue weighted by atomic mass is 16.6. The smallest absolute Gasteiger partial charge is 0.424 e. The van der Waals surface area contributed by atoms with E-state index < -0.39 is 24.2 Å². The molecule has 16 heavy (non-hydrogen) atoms. The number of β-amino-alcohol motifs (C(OH)–C–C–N with tert-alkyl or cyclic N) is 1. The molecule has 0 aromatic carbocycles. The Morgan fingerprint density at radius 1 is 1.62 bits per heavy atom. The third-order valence-corrected chi connectivity index (χ3v) is 2.06. The zero-order valence-electron chi connectivity index (χ0n) is 8.63. The highest BCUT2D eigenvalue weighted by molar-refractivity contribution is 5.75. The third-order valence-electron chi connectivity index (χ3n) is 2.06. The zero-order chi connectivity index (χ0) is 12.1. The number of aliphatic hydroxyl groups is 1. The Kier molecular flexibility index (Phi) is 4.27. The van der Waals surface area contributed by atoms with Gasteiger partial charge in [0.25, 0.3) is 0 Å². The van der Waals surface area contributed by atoms with Crippen molar-refractivity contribution in [2.24, 2.45) is 0 Å². The summed E-state index contributed by atoms with van der Waals surface area (Å²) in [6, 6.07) is -0.986. The van der Waals surface area contributed by atoms with Gasteiger partial charge >= 0.3 is 12.1 Å². The van der Waals surface area contributed by atoms with E-state index in [0.29, 0.717) is 0 Å². The van der Waals surface area contributed by atoms with Crippen LogP contribution in [0.5, 0.6) is 0 Å². The quantitative estimate of drug-likeness (QED) is 0.556. The number of amides is 1. The lowest BCUT2D eigenvalue weighted by Crippen LogP contribution is -2.59. The molecule has 0 spiro atoms. The number of aliphatic hydroxyl groups excluding tert-OH is 1. The van der Waals surface area contributed by atoms with Crippen molar-refractivity contribution in [2.45, 2.75) is 18.6 Å². The van der Waals surface area contributed by atoms with Crippen LogP contribution in [0.2, 0.25) is 0 Å². The number of carboxylic acids is 1. The predicted molar refractivity (Wildman–Crippen MR) is 53.4 cm³/mol. The van der Waals surface area contributed by atoms with Crippen molar-refractivity contribution < 1.29 is 24.5 Å². The lowest BCUT2D eigenvalue weighted by atomic mass is 10.1. The average molecular weight is 230 g/mol. The van der Waals surface area contributed by atoms with E-state index in [4.69, 9.17) is 9.84 Å². The average Bonchev–Trinajstić information content (AvgIpc) is 2.24. The van der Waals surface area contributed by atoms with E-state index in [9.17, 15) is 14.7 Å². The van der Waals surface area contributed by atoms with Crippen LogP contribution < -0.4 is 5.43 Å². The van der Waals surface area contributed by atoms with Crippen LogP contribution in [-0.2, 0) is 9.53 Å². The van der Waals surface area contributed by atoms with Crippen LogP contribution in [0.15, 0.2) is 12.7 Å². The molecule has 7 heteroatoms. The Labute approximate surface area is 92.3 Å². The van der Waals surface area contributed by atoms with Crippen LogP contribution in [0, 0.1) is 0 Å². The van der Waals surface area contributed by atoms with E-state index in [-0.39, 0.29) is 19.6 Å². The maximum atomic E-state index is 11.4. The summed E-state index contributed by atoms with van der Waals surface area (Å²) in [6.07, 6.45) is -0.156. The number of hydrogen-bond donors (Lipinski definition) is 3. The Hall–Kier alpha value is -1.60. The SMILES string of the molecule is C=CCOC(=O)N1C[C@H](O)C[C@H](C(=O)O)N1. The molecule has 0 saturated carbocycles. The minimum absolute atomic E-state index is 0.000242. The van der Waals surface area contributed by atoms with Crippen LogP contribution in [0.25, 0.3) is 0 Å². The Morgan fingerprint density at radius 2 is 2.31 bits per heavy atom. The summed E-state index contributed by atoms with van der Waals surface area (Å²) in [5.74, 6) is -1.12. The Morgan fingerprint density at radius 3 is 2.88 bits per heavy atom. The maximum Gasteiger partial charge on any atom is 0.424 e. The first-order valence-electron chi connectivity index (χ1n) is 4.76. The second kappa shape index (κ2) is 5.47. The molecule has 0 unspecified atom stereocenters. The van der Waals surface area contributed by atoms with E-state index in [0.717, 1.165) is 5.01 Å². The van der Waals surface area contributed by atoms with Crippen LogP contribution in [-0.4, -0.2) is 52.6 Å². The Bertz CT molecular complexity index is 294. The fourth-order valence-corrected chi connectivity index (χ4v) is 1.34. The van der Waals surface area contributed by atoms with E-state index in [1.165, 1.54) is 6.08 Å². The molecule has 0 aromatic heterocycles. The van der Waals surface area contributed by atoms with E-state index in [1.807, 2.05) is 0 Å². The number of rotatable bonds is 3. The molecule has 0 bridgehead atoms. The topological polar surface area (TPSA) is 99.1 Å². The molecule has 1 fully saturated rings. The first kappa shape index (κ1) is 12.5. The number of hydrazine groups is 1. The largest absolute Gasteiger partial charge is 0.480 e. The number of carboxylic acid groups (broad SMARTS) is 1. The van der Waals surface area contributed by atoms with Gasteiger partial charge in [-0.05, 0) is 0 Å². The number of carbonyl (C=O) groups is 2. The monoisotopic (exact) mass is 230 g/mol.